The molecule has 3 atom stereocenters. The molecule has 3 aliphatic heterocycles. The zero-order valence-corrected chi connectivity index (χ0v) is 16.2. The number of nitrogens with zero attached hydrogens (tertiary/aromatic N) is 2. The first-order valence-corrected chi connectivity index (χ1v) is 9.67. The Bertz CT molecular complexity index is 980. The van der Waals surface area contributed by atoms with Crippen molar-refractivity contribution < 1.29 is 18.7 Å². The fourth-order valence-electron chi connectivity index (χ4n) is 4.96. The number of fused-ring (bicyclic) bond motifs is 2. The topological polar surface area (TPSA) is 84.7 Å². The molecule has 28 heavy (non-hydrogen) atoms. The maximum absolute atomic E-state index is 13.4. The Kier molecular flexibility index (Phi) is 3.60. The molecule has 2 saturated heterocycles. The molecule has 0 spiro atoms. The van der Waals surface area contributed by atoms with Crippen LogP contribution in [0.4, 0.5) is 0 Å². The SMILES string of the molecule is CNC(=O)c1ncoc1C1C2CC1N(C(=O)c1cccc3c1OC(C)(C)C3)C2. The Morgan fingerprint density at radius 3 is 2.93 bits per heavy atom. The van der Waals surface area contributed by atoms with E-state index in [1.165, 1.54) is 6.39 Å². The van der Waals surface area contributed by atoms with Gasteiger partial charge in [0.1, 0.15) is 17.1 Å². The minimum absolute atomic E-state index is 0.00874. The largest absolute Gasteiger partial charge is 0.486 e. The number of para-hydroxylation sites is 1. The molecule has 1 N–H and O–H groups in total. The van der Waals surface area contributed by atoms with Crippen molar-refractivity contribution in [3.8, 4) is 5.75 Å². The summed E-state index contributed by atoms with van der Waals surface area (Å²) in [4.78, 5) is 31.4. The first kappa shape index (κ1) is 17.3. The third-order valence-electron chi connectivity index (χ3n) is 6.22. The highest BCUT2D eigenvalue weighted by Crippen LogP contribution is 2.53. The van der Waals surface area contributed by atoms with Gasteiger partial charge in [0.15, 0.2) is 12.1 Å². The van der Waals surface area contributed by atoms with Crippen LogP contribution in [-0.4, -0.2) is 46.9 Å². The number of carbonyl (C=O) groups excluding carboxylic acids is 2. The summed E-state index contributed by atoms with van der Waals surface area (Å²) in [6.45, 7) is 4.73. The van der Waals surface area contributed by atoms with Gasteiger partial charge >= 0.3 is 0 Å². The number of ether oxygens (including phenoxy) is 1. The molecule has 2 aromatic rings. The van der Waals surface area contributed by atoms with Crippen molar-refractivity contribution in [1.29, 1.82) is 0 Å². The van der Waals surface area contributed by atoms with E-state index >= 15 is 0 Å². The maximum Gasteiger partial charge on any atom is 0.273 e. The van der Waals surface area contributed by atoms with E-state index in [9.17, 15) is 9.59 Å². The number of oxazole rings is 1. The summed E-state index contributed by atoms with van der Waals surface area (Å²) in [7, 11) is 1.57. The summed E-state index contributed by atoms with van der Waals surface area (Å²) >= 11 is 0. The fraction of sp³-hybridized carbons (Fsp3) is 0.476. The standard InChI is InChI=1S/C21H23N3O4/c1-21(2)8-11-5-4-6-13(17(11)28-21)20(26)24-9-12-7-14(24)15(12)18-16(19(25)22-3)23-10-27-18/h4-6,10,12,14-15H,7-9H2,1-3H3,(H,22,25). The van der Waals surface area contributed by atoms with Crippen LogP contribution in [0.15, 0.2) is 29.0 Å². The first-order chi connectivity index (χ1) is 13.4. The van der Waals surface area contributed by atoms with E-state index in [0.717, 1.165) is 18.4 Å². The lowest BCUT2D eigenvalue weighted by Gasteiger charge is -2.35. The van der Waals surface area contributed by atoms with Gasteiger partial charge in [-0.15, -0.1) is 0 Å². The Balaban J connectivity index is 1.42. The predicted molar refractivity (Wildman–Crippen MR) is 100 cm³/mol. The number of nitrogens with one attached hydrogen (secondary N) is 1. The molecular formula is C21H23N3O4. The van der Waals surface area contributed by atoms with E-state index in [2.05, 4.69) is 10.3 Å². The molecule has 0 radical (unpaired) electrons. The monoisotopic (exact) mass is 381 g/mol. The van der Waals surface area contributed by atoms with Crippen LogP contribution in [0.3, 0.4) is 0 Å². The quantitative estimate of drug-likeness (QED) is 0.882. The molecule has 4 aliphatic rings. The first-order valence-electron chi connectivity index (χ1n) is 9.67. The second-order valence-electron chi connectivity index (χ2n) is 8.52. The second-order valence-corrected chi connectivity index (χ2v) is 8.52. The number of hydrogen-bond donors (Lipinski definition) is 1. The van der Waals surface area contributed by atoms with Gasteiger partial charge in [-0.2, -0.15) is 0 Å². The molecule has 2 bridgehead atoms. The van der Waals surface area contributed by atoms with Gasteiger partial charge in [0.25, 0.3) is 11.8 Å². The van der Waals surface area contributed by atoms with Crippen molar-refractivity contribution >= 4 is 11.8 Å². The van der Waals surface area contributed by atoms with Gasteiger partial charge in [0.05, 0.1) is 5.56 Å². The Hall–Kier alpha value is -2.83. The van der Waals surface area contributed by atoms with Crippen LogP contribution in [0.1, 0.15) is 58.4 Å². The van der Waals surface area contributed by atoms with E-state index in [4.69, 9.17) is 9.15 Å². The van der Waals surface area contributed by atoms with Crippen LogP contribution in [0, 0.1) is 5.92 Å². The van der Waals surface area contributed by atoms with Gasteiger partial charge in [-0.05, 0) is 37.8 Å². The lowest BCUT2D eigenvalue weighted by Crippen LogP contribution is -2.40. The lowest BCUT2D eigenvalue weighted by atomic mass is 9.72. The van der Waals surface area contributed by atoms with E-state index in [0.29, 0.717) is 35.2 Å². The van der Waals surface area contributed by atoms with Crippen LogP contribution in [-0.2, 0) is 6.42 Å². The van der Waals surface area contributed by atoms with Crippen molar-refractivity contribution in [1.82, 2.24) is 15.2 Å². The molecular weight excluding hydrogens is 358 g/mol. The van der Waals surface area contributed by atoms with Gasteiger partial charge in [0, 0.05) is 32.0 Å². The molecule has 7 heteroatoms. The summed E-state index contributed by atoms with van der Waals surface area (Å²) < 4.78 is 11.7. The second kappa shape index (κ2) is 5.83. The molecule has 146 valence electrons. The average molecular weight is 381 g/mol. The van der Waals surface area contributed by atoms with E-state index in [1.807, 2.05) is 36.9 Å². The summed E-state index contributed by atoms with van der Waals surface area (Å²) in [5.41, 5.74) is 1.73. The van der Waals surface area contributed by atoms with Gasteiger partial charge in [-0.1, -0.05) is 12.1 Å². The molecule has 1 saturated carbocycles. The molecule has 1 aromatic carbocycles. The number of benzene rings is 1. The summed E-state index contributed by atoms with van der Waals surface area (Å²) in [6, 6.07) is 5.82. The molecule has 1 aromatic heterocycles. The number of hydrogen-bond acceptors (Lipinski definition) is 5. The van der Waals surface area contributed by atoms with Gasteiger partial charge in [-0.25, -0.2) is 4.98 Å². The minimum Gasteiger partial charge on any atom is -0.486 e. The average Bonchev–Trinajstić information content (AvgIpc) is 3.40. The van der Waals surface area contributed by atoms with E-state index in [-0.39, 0.29) is 29.4 Å². The number of carbonyl (C=O) groups is 2. The summed E-state index contributed by atoms with van der Waals surface area (Å²) in [6.07, 6.45) is 3.03. The van der Waals surface area contributed by atoms with Crippen molar-refractivity contribution in [2.24, 2.45) is 5.92 Å². The van der Waals surface area contributed by atoms with E-state index in [1.54, 1.807) is 7.05 Å². The van der Waals surface area contributed by atoms with Crippen molar-refractivity contribution in [3.63, 3.8) is 0 Å². The number of rotatable bonds is 3. The van der Waals surface area contributed by atoms with Gasteiger partial charge in [-0.3, -0.25) is 9.59 Å². The van der Waals surface area contributed by atoms with Crippen LogP contribution in [0.5, 0.6) is 5.75 Å². The third-order valence-corrected chi connectivity index (χ3v) is 6.22. The maximum atomic E-state index is 13.4. The smallest absolute Gasteiger partial charge is 0.273 e. The van der Waals surface area contributed by atoms with Crippen LogP contribution >= 0.6 is 0 Å². The van der Waals surface area contributed by atoms with Gasteiger partial charge in [0.2, 0.25) is 0 Å². The Morgan fingerprint density at radius 2 is 2.14 bits per heavy atom. The Morgan fingerprint density at radius 1 is 1.32 bits per heavy atom. The molecule has 2 amide bonds. The molecule has 3 unspecified atom stereocenters. The molecule has 7 nitrogen and oxygen atoms in total. The van der Waals surface area contributed by atoms with Crippen molar-refractivity contribution in [2.75, 3.05) is 13.6 Å². The third kappa shape index (κ3) is 2.38. The fourth-order valence-corrected chi connectivity index (χ4v) is 4.96. The van der Waals surface area contributed by atoms with Crippen LogP contribution in [0.25, 0.3) is 0 Å². The molecule has 1 aliphatic carbocycles. The van der Waals surface area contributed by atoms with Crippen molar-refractivity contribution in [3.05, 3.63) is 47.2 Å². The number of amides is 2. The highest BCUT2D eigenvalue weighted by molar-refractivity contribution is 5.98. The molecule has 4 heterocycles. The Labute approximate surface area is 163 Å². The minimum atomic E-state index is -0.295. The summed E-state index contributed by atoms with van der Waals surface area (Å²) in [5, 5.41) is 2.60. The highest BCUT2D eigenvalue weighted by Gasteiger charge is 2.57. The predicted octanol–water partition coefficient (Wildman–Crippen LogP) is 2.38. The highest BCUT2D eigenvalue weighted by atomic mass is 16.5. The van der Waals surface area contributed by atoms with Crippen LogP contribution < -0.4 is 10.1 Å². The van der Waals surface area contributed by atoms with Crippen LogP contribution in [0.2, 0.25) is 0 Å². The molecule has 6 rings (SSSR count). The molecule has 3 fully saturated rings. The normalized spacial score (nSPS) is 26.4. The zero-order valence-electron chi connectivity index (χ0n) is 16.2. The van der Waals surface area contributed by atoms with Crippen molar-refractivity contribution in [2.45, 2.75) is 44.2 Å². The zero-order chi connectivity index (χ0) is 19.6. The van der Waals surface area contributed by atoms with E-state index < -0.39 is 0 Å². The summed E-state index contributed by atoms with van der Waals surface area (Å²) in [5.74, 6) is 1.35. The number of aromatic nitrogens is 1. The van der Waals surface area contributed by atoms with Gasteiger partial charge < -0.3 is 19.4 Å². The lowest BCUT2D eigenvalue weighted by molar-refractivity contribution is 0.0718.